The summed E-state index contributed by atoms with van der Waals surface area (Å²) >= 11 is 0. The summed E-state index contributed by atoms with van der Waals surface area (Å²) in [6, 6.07) is 147. The van der Waals surface area contributed by atoms with Crippen molar-refractivity contribution in [2.24, 2.45) is 0 Å². The van der Waals surface area contributed by atoms with Gasteiger partial charge < -0.3 is 27.1 Å². The maximum atomic E-state index is 7.51. The van der Waals surface area contributed by atoms with Crippen LogP contribution >= 0.6 is 0 Å². The van der Waals surface area contributed by atoms with Crippen LogP contribution < -0.4 is 0 Å². The van der Waals surface area contributed by atoms with E-state index in [9.17, 15) is 0 Å². The molecule has 8 aromatic heterocycles. The van der Waals surface area contributed by atoms with Gasteiger partial charge in [-0.3, -0.25) is 0 Å². The van der Waals surface area contributed by atoms with Crippen molar-refractivity contribution in [3.05, 3.63) is 413 Å². The van der Waals surface area contributed by atoms with Crippen molar-refractivity contribution in [1.82, 2.24) is 48.2 Å². The molecule has 130 heavy (non-hydrogen) atoms. The molecule has 0 radical (unpaired) electrons. The summed E-state index contributed by atoms with van der Waals surface area (Å²) in [5.74, 6) is 3.11. The second kappa shape index (κ2) is 27.9. The van der Waals surface area contributed by atoms with Gasteiger partial charge in [0.25, 0.3) is 0 Å². The van der Waals surface area contributed by atoms with Gasteiger partial charge in [0.2, 0.25) is 0 Å². The largest absolute Gasteiger partial charge is 0.456 e. The van der Waals surface area contributed by atoms with Gasteiger partial charge in [-0.05, 0) is 176 Å². The molecule has 0 bridgehead atoms. The Bertz CT molecular complexity index is 9730. The number of furan rings is 2. The van der Waals surface area contributed by atoms with Gasteiger partial charge in [-0.1, -0.05) is 285 Å². The fourth-order valence-corrected chi connectivity index (χ4v) is 20.9. The lowest BCUT2D eigenvalue weighted by Gasteiger charge is -2.16. The quantitative estimate of drug-likeness (QED) is 0.125. The van der Waals surface area contributed by atoms with E-state index >= 15 is 0 Å². The molecule has 12 nitrogen and oxygen atoms in total. The molecule has 0 aliphatic heterocycles. The summed E-state index contributed by atoms with van der Waals surface area (Å²) in [6.45, 7) is 0. The fourth-order valence-electron chi connectivity index (χ4n) is 20.9. The SMILES string of the molecule is c1ccc(-n2c3ccccc3c3ccc(-c4nc(-c5ccc6cc(-c7cccc8c7oc7cc(-c9nc(-c%10cccc%11ccccc%10%11)nc(-c%10cccc%11c%10c%10ccccc%10n%11-c%10ccccc%10)n9)c(-n9c%10ccccc%10c%10cc%11ccccc%11cc%109)cc78)ccc6c5)nc(-c5cc6oc7ccccc7c6cc5-n5c6ccccc6c6cc7ccccc7cc65)n4)cc32)cc1. The normalized spacial score (nSPS) is 12.2. The molecule has 602 valence electrons. The van der Waals surface area contributed by atoms with Crippen molar-refractivity contribution in [2.45, 2.75) is 0 Å². The van der Waals surface area contributed by atoms with E-state index in [-0.39, 0.29) is 0 Å². The van der Waals surface area contributed by atoms with Gasteiger partial charge in [0.1, 0.15) is 22.3 Å². The first-order valence-electron chi connectivity index (χ1n) is 43.9. The Morgan fingerprint density at radius 2 is 0.546 bits per heavy atom. The minimum atomic E-state index is 0.492. The van der Waals surface area contributed by atoms with E-state index in [0.29, 0.717) is 40.5 Å². The molecule has 0 atom stereocenters. The molecular formula is C118H68N10O2. The Labute approximate surface area is 741 Å². The van der Waals surface area contributed by atoms with Crippen LogP contribution in [0.1, 0.15) is 0 Å². The molecule has 8 heterocycles. The van der Waals surface area contributed by atoms with Crippen LogP contribution in [0.25, 0.3) is 276 Å². The van der Waals surface area contributed by atoms with E-state index in [0.717, 1.165) is 230 Å². The van der Waals surface area contributed by atoms with Crippen molar-refractivity contribution in [3.8, 4) is 102 Å². The molecule has 28 rings (SSSR count). The molecule has 0 fully saturated rings. The van der Waals surface area contributed by atoms with Gasteiger partial charge in [-0.2, -0.15) is 0 Å². The number of rotatable bonds is 11. The van der Waals surface area contributed by atoms with Crippen LogP contribution in [0.3, 0.4) is 0 Å². The minimum absolute atomic E-state index is 0.492. The highest BCUT2D eigenvalue weighted by Gasteiger charge is 2.29. The first-order valence-corrected chi connectivity index (χ1v) is 43.9. The molecule has 20 aromatic carbocycles. The highest BCUT2D eigenvalue weighted by molar-refractivity contribution is 6.20. The van der Waals surface area contributed by atoms with E-state index in [1.54, 1.807) is 0 Å². The number of nitrogens with zero attached hydrogens (tertiary/aromatic N) is 10. The van der Waals surface area contributed by atoms with Gasteiger partial charge in [0.05, 0.1) is 55.5 Å². The van der Waals surface area contributed by atoms with Gasteiger partial charge in [-0.15, -0.1) is 0 Å². The molecule has 0 saturated heterocycles. The zero-order valence-electron chi connectivity index (χ0n) is 69.5. The van der Waals surface area contributed by atoms with E-state index in [1.807, 2.05) is 12.1 Å². The lowest BCUT2D eigenvalue weighted by Crippen LogP contribution is -2.04. The van der Waals surface area contributed by atoms with Crippen molar-refractivity contribution in [2.75, 3.05) is 0 Å². The lowest BCUT2D eigenvalue weighted by molar-refractivity contribution is 0.669. The molecule has 0 N–H and O–H groups in total. The van der Waals surface area contributed by atoms with E-state index in [4.69, 9.17) is 38.7 Å². The number of hydrogen-bond acceptors (Lipinski definition) is 8. The molecule has 28 aromatic rings. The summed E-state index contributed by atoms with van der Waals surface area (Å²) < 4.78 is 23.9. The monoisotopic (exact) mass is 1660 g/mol. The number of hydrogen-bond donors (Lipinski definition) is 0. The van der Waals surface area contributed by atoms with Gasteiger partial charge in [-0.25, -0.2) is 29.9 Å². The van der Waals surface area contributed by atoms with Crippen LogP contribution in [0.5, 0.6) is 0 Å². The predicted molar refractivity (Wildman–Crippen MR) is 533 cm³/mol. The van der Waals surface area contributed by atoms with Crippen molar-refractivity contribution in [1.29, 1.82) is 0 Å². The van der Waals surface area contributed by atoms with E-state index in [1.165, 1.54) is 5.39 Å². The zero-order valence-corrected chi connectivity index (χ0v) is 69.5. The van der Waals surface area contributed by atoms with Gasteiger partial charge in [0.15, 0.2) is 34.9 Å². The minimum Gasteiger partial charge on any atom is -0.456 e. The van der Waals surface area contributed by atoms with Crippen molar-refractivity contribution < 1.29 is 8.83 Å². The van der Waals surface area contributed by atoms with Crippen molar-refractivity contribution in [3.63, 3.8) is 0 Å². The molecular weight excluding hydrogens is 1590 g/mol. The lowest BCUT2D eigenvalue weighted by atomic mass is 9.98. The topological polar surface area (TPSA) is 123 Å². The number of fused-ring (bicyclic) bond motifs is 22. The number of aromatic nitrogens is 10. The fraction of sp³-hybridized carbons (Fsp3) is 0. The highest BCUT2D eigenvalue weighted by atomic mass is 16.3. The zero-order chi connectivity index (χ0) is 84.9. The third kappa shape index (κ3) is 10.9. The Kier molecular flexibility index (Phi) is 15.4. The second-order valence-corrected chi connectivity index (χ2v) is 34.0. The second-order valence-electron chi connectivity index (χ2n) is 34.0. The molecule has 0 unspecified atom stereocenters. The average Bonchev–Trinajstić information content (AvgIpc) is 1.58. The molecule has 0 aliphatic rings. The van der Waals surface area contributed by atoms with Crippen LogP contribution in [-0.2, 0) is 0 Å². The summed E-state index contributed by atoms with van der Waals surface area (Å²) in [5, 5.41) is 21.6. The summed E-state index contributed by atoms with van der Waals surface area (Å²) in [6.07, 6.45) is 0. The third-order valence-corrected chi connectivity index (χ3v) is 26.8. The smallest absolute Gasteiger partial charge is 0.166 e. The Morgan fingerprint density at radius 3 is 1.18 bits per heavy atom. The maximum Gasteiger partial charge on any atom is 0.166 e. The van der Waals surface area contributed by atoms with Gasteiger partial charge >= 0.3 is 0 Å². The maximum absolute atomic E-state index is 7.51. The van der Waals surface area contributed by atoms with E-state index < -0.39 is 0 Å². The molecule has 0 aliphatic carbocycles. The van der Waals surface area contributed by atoms with Crippen molar-refractivity contribution >= 4 is 174 Å². The van der Waals surface area contributed by atoms with E-state index in [2.05, 4.69) is 419 Å². The van der Waals surface area contributed by atoms with Gasteiger partial charge in [0, 0.05) is 115 Å². The molecule has 0 saturated carbocycles. The summed E-state index contributed by atoms with van der Waals surface area (Å²) in [4.78, 5) is 34.1. The highest BCUT2D eigenvalue weighted by Crippen LogP contribution is 2.49. The Morgan fingerprint density at radius 1 is 0.169 bits per heavy atom. The summed E-state index contributed by atoms with van der Waals surface area (Å²) in [7, 11) is 0. The first-order chi connectivity index (χ1) is 64.4. The molecule has 12 heteroatoms. The number of para-hydroxylation sites is 8. The van der Waals surface area contributed by atoms with Crippen LogP contribution in [0.4, 0.5) is 0 Å². The summed E-state index contributed by atoms with van der Waals surface area (Å²) in [5.41, 5.74) is 22.3. The third-order valence-electron chi connectivity index (χ3n) is 26.8. The number of benzene rings is 20. The van der Waals surface area contributed by atoms with Crippen LogP contribution in [0, 0.1) is 0 Å². The average molecular weight is 1660 g/mol. The molecule has 0 amide bonds. The Balaban J connectivity index is 0.639. The first kappa shape index (κ1) is 71.7. The van der Waals surface area contributed by atoms with Crippen LogP contribution in [0.2, 0.25) is 0 Å². The predicted octanol–water partition coefficient (Wildman–Crippen LogP) is 30.5. The Hall–Kier alpha value is -17.7. The van der Waals surface area contributed by atoms with Crippen LogP contribution in [-0.4, -0.2) is 48.2 Å². The van der Waals surface area contributed by atoms with Crippen LogP contribution in [0.15, 0.2) is 421 Å². The standard InChI is InChI=1S/C118H68N10O2/c1-3-32-79(33-4-1)125-101-49-21-16-41-90(101)111-91(45-25-50-102(111)125)116-122-115(89-44-23-31-69-26-11-12-36-81(69)89)123-118(124-116)97-68-110-95(66-107(97)128-100-48-20-15-39-85(100)93-61-71-28-8-10-30-73(71)63-105(93)128)88-43-24-42-82(112(88)130-110)76-54-52-75-59-77(55-53-74(75)58-76)113-119-114(78-56-57-86-83-37-13-18-46-98(83)126(103(86)64-78)80-34-5-2-6-35-80)121-117(120-113)96-67-109-94(87-40-17-22-51-108(87)129-109)65-106(96)127-99-47-19-14-38-84(99)92-60-70-27-7-9-29-72(70)62-104(92)127/h1-68H. The molecule has 0 spiro atoms.